The van der Waals surface area contributed by atoms with E-state index in [1.54, 1.807) is 12.1 Å². The molecule has 2 N–H and O–H groups in total. The smallest absolute Gasteiger partial charge is 0.257 e. The SMILES string of the molecule is Cl.NCc1cc(C(=O)N(CCc2cccc(F)c2)C2CCCC2)co1. The highest BCUT2D eigenvalue weighted by molar-refractivity contribution is 5.94. The van der Waals surface area contributed by atoms with E-state index in [9.17, 15) is 9.18 Å². The van der Waals surface area contributed by atoms with E-state index in [2.05, 4.69) is 0 Å². The largest absolute Gasteiger partial charge is 0.467 e. The van der Waals surface area contributed by atoms with Crippen LogP contribution in [0.3, 0.4) is 0 Å². The zero-order valence-electron chi connectivity index (χ0n) is 14.1. The maximum atomic E-state index is 13.4. The zero-order valence-corrected chi connectivity index (χ0v) is 14.9. The van der Waals surface area contributed by atoms with Gasteiger partial charge in [-0.2, -0.15) is 0 Å². The normalized spacial score (nSPS) is 14.3. The molecule has 1 aliphatic rings. The topological polar surface area (TPSA) is 59.5 Å². The molecular weight excluding hydrogens is 343 g/mol. The third kappa shape index (κ3) is 4.83. The Bertz CT molecular complexity index is 698. The number of amides is 1. The Kier molecular flexibility index (Phi) is 7.02. The van der Waals surface area contributed by atoms with E-state index in [1.165, 1.54) is 18.4 Å². The number of carbonyl (C=O) groups is 1. The molecule has 6 heteroatoms. The van der Waals surface area contributed by atoms with Crippen LogP contribution in [-0.4, -0.2) is 23.4 Å². The van der Waals surface area contributed by atoms with Gasteiger partial charge in [-0.05, 0) is 43.0 Å². The summed E-state index contributed by atoms with van der Waals surface area (Å²) in [5.74, 6) is 0.338. The van der Waals surface area contributed by atoms with Gasteiger partial charge >= 0.3 is 0 Å². The zero-order chi connectivity index (χ0) is 16.9. The number of halogens is 2. The van der Waals surface area contributed by atoms with E-state index < -0.39 is 0 Å². The molecule has 3 rings (SSSR count). The van der Waals surface area contributed by atoms with Crippen molar-refractivity contribution >= 4 is 18.3 Å². The molecule has 1 aliphatic carbocycles. The third-order valence-corrected chi connectivity index (χ3v) is 4.66. The van der Waals surface area contributed by atoms with Crippen LogP contribution >= 0.6 is 12.4 Å². The Labute approximate surface area is 153 Å². The summed E-state index contributed by atoms with van der Waals surface area (Å²) < 4.78 is 18.7. The molecular formula is C19H24ClFN2O2. The van der Waals surface area contributed by atoms with Crippen molar-refractivity contribution in [1.29, 1.82) is 0 Å². The molecule has 0 bridgehead atoms. The van der Waals surface area contributed by atoms with Crippen molar-refractivity contribution in [1.82, 2.24) is 4.90 Å². The summed E-state index contributed by atoms with van der Waals surface area (Å²) in [5, 5.41) is 0. The van der Waals surface area contributed by atoms with Crippen molar-refractivity contribution in [3.8, 4) is 0 Å². The third-order valence-electron chi connectivity index (χ3n) is 4.66. The fourth-order valence-corrected chi connectivity index (χ4v) is 3.37. The first-order chi connectivity index (χ1) is 11.7. The van der Waals surface area contributed by atoms with E-state index in [-0.39, 0.29) is 36.7 Å². The van der Waals surface area contributed by atoms with E-state index in [0.717, 1.165) is 31.2 Å². The van der Waals surface area contributed by atoms with Gasteiger partial charge in [0.25, 0.3) is 5.91 Å². The highest BCUT2D eigenvalue weighted by Crippen LogP contribution is 2.26. The van der Waals surface area contributed by atoms with Crippen molar-refractivity contribution in [2.45, 2.75) is 44.7 Å². The van der Waals surface area contributed by atoms with Crippen LogP contribution in [0.2, 0.25) is 0 Å². The second-order valence-electron chi connectivity index (χ2n) is 6.32. The second kappa shape index (κ2) is 9.02. The number of benzene rings is 1. The Morgan fingerprint density at radius 3 is 2.68 bits per heavy atom. The predicted octanol–water partition coefficient (Wildman–Crippen LogP) is 3.93. The summed E-state index contributed by atoms with van der Waals surface area (Å²) in [4.78, 5) is 14.8. The van der Waals surface area contributed by atoms with Crippen molar-refractivity contribution in [2.24, 2.45) is 5.73 Å². The Balaban J connectivity index is 0.00000225. The van der Waals surface area contributed by atoms with Gasteiger partial charge < -0.3 is 15.1 Å². The van der Waals surface area contributed by atoms with E-state index in [1.807, 2.05) is 11.0 Å². The van der Waals surface area contributed by atoms with Gasteiger partial charge in [0.05, 0.1) is 12.1 Å². The highest BCUT2D eigenvalue weighted by atomic mass is 35.5. The fraction of sp³-hybridized carbons (Fsp3) is 0.421. The molecule has 2 aromatic rings. The number of furan rings is 1. The lowest BCUT2D eigenvalue weighted by Gasteiger charge is -2.28. The van der Waals surface area contributed by atoms with Crippen molar-refractivity contribution in [2.75, 3.05) is 6.54 Å². The van der Waals surface area contributed by atoms with Gasteiger partial charge in [-0.15, -0.1) is 12.4 Å². The van der Waals surface area contributed by atoms with E-state index >= 15 is 0 Å². The van der Waals surface area contributed by atoms with Crippen LogP contribution in [0.1, 0.15) is 47.4 Å². The molecule has 136 valence electrons. The average Bonchev–Trinajstić information content (AvgIpc) is 3.26. The van der Waals surface area contributed by atoms with Gasteiger partial charge in [0.1, 0.15) is 17.8 Å². The van der Waals surface area contributed by atoms with E-state index in [4.69, 9.17) is 10.2 Å². The maximum absolute atomic E-state index is 13.4. The molecule has 1 amide bonds. The van der Waals surface area contributed by atoms with Crippen LogP contribution < -0.4 is 5.73 Å². The molecule has 4 nitrogen and oxygen atoms in total. The minimum atomic E-state index is -0.242. The second-order valence-corrected chi connectivity index (χ2v) is 6.32. The van der Waals surface area contributed by atoms with Crippen molar-refractivity contribution < 1.29 is 13.6 Å². The molecule has 0 radical (unpaired) electrons. The molecule has 0 spiro atoms. The van der Waals surface area contributed by atoms with E-state index in [0.29, 0.717) is 24.3 Å². The Hall–Kier alpha value is -1.85. The minimum Gasteiger partial charge on any atom is -0.467 e. The molecule has 0 saturated heterocycles. The maximum Gasteiger partial charge on any atom is 0.257 e. The lowest BCUT2D eigenvalue weighted by Crippen LogP contribution is -2.40. The first kappa shape index (κ1) is 19.5. The monoisotopic (exact) mass is 366 g/mol. The van der Waals surface area contributed by atoms with Crippen molar-refractivity contribution in [3.05, 3.63) is 59.3 Å². The van der Waals surface area contributed by atoms with Gasteiger partial charge in [-0.3, -0.25) is 4.79 Å². The molecule has 0 unspecified atom stereocenters. The number of carbonyl (C=O) groups excluding carboxylic acids is 1. The van der Waals surface area contributed by atoms with Crippen LogP contribution in [-0.2, 0) is 13.0 Å². The van der Waals surface area contributed by atoms with Gasteiger partial charge in [0.15, 0.2) is 0 Å². The molecule has 1 heterocycles. The first-order valence-corrected chi connectivity index (χ1v) is 8.50. The van der Waals surface area contributed by atoms with Crippen LogP contribution in [0.4, 0.5) is 4.39 Å². The minimum absolute atomic E-state index is 0. The Morgan fingerprint density at radius 2 is 2.04 bits per heavy atom. The lowest BCUT2D eigenvalue weighted by atomic mass is 10.1. The quantitative estimate of drug-likeness (QED) is 0.842. The summed E-state index contributed by atoms with van der Waals surface area (Å²) in [7, 11) is 0. The van der Waals surface area contributed by atoms with Crippen LogP contribution in [0.5, 0.6) is 0 Å². The van der Waals surface area contributed by atoms with Gasteiger partial charge in [-0.1, -0.05) is 25.0 Å². The van der Waals surface area contributed by atoms with Gasteiger partial charge in [0, 0.05) is 12.6 Å². The highest BCUT2D eigenvalue weighted by Gasteiger charge is 2.28. The molecule has 1 fully saturated rings. The molecule has 1 aromatic carbocycles. The molecule has 1 aromatic heterocycles. The van der Waals surface area contributed by atoms with Crippen molar-refractivity contribution in [3.63, 3.8) is 0 Å². The summed E-state index contributed by atoms with van der Waals surface area (Å²) in [6, 6.07) is 8.53. The molecule has 25 heavy (non-hydrogen) atoms. The van der Waals surface area contributed by atoms with Crippen LogP contribution in [0, 0.1) is 5.82 Å². The number of nitrogens with zero attached hydrogens (tertiary/aromatic N) is 1. The first-order valence-electron chi connectivity index (χ1n) is 8.50. The number of hydrogen-bond donors (Lipinski definition) is 1. The summed E-state index contributed by atoms with van der Waals surface area (Å²) >= 11 is 0. The molecule has 1 saturated carbocycles. The summed E-state index contributed by atoms with van der Waals surface area (Å²) in [6.45, 7) is 0.857. The number of hydrogen-bond acceptors (Lipinski definition) is 3. The lowest BCUT2D eigenvalue weighted by molar-refractivity contribution is 0.0683. The summed E-state index contributed by atoms with van der Waals surface area (Å²) in [6.07, 6.45) is 6.46. The standard InChI is InChI=1S/C19H23FN2O2.ClH/c20-16-5-3-4-14(10-16)8-9-22(17-6-1-2-7-17)19(23)15-11-18(12-21)24-13-15;/h3-5,10-11,13,17H,1-2,6-9,12,21H2;1H. The summed E-state index contributed by atoms with van der Waals surface area (Å²) in [5.41, 5.74) is 7.00. The Morgan fingerprint density at radius 1 is 1.28 bits per heavy atom. The van der Waals surface area contributed by atoms with Gasteiger partial charge in [0.2, 0.25) is 0 Å². The predicted molar refractivity (Wildman–Crippen MR) is 97.2 cm³/mol. The molecule has 0 atom stereocenters. The van der Waals surface area contributed by atoms with Gasteiger partial charge in [-0.25, -0.2) is 4.39 Å². The van der Waals surface area contributed by atoms with Crippen LogP contribution in [0.25, 0.3) is 0 Å². The fourth-order valence-electron chi connectivity index (χ4n) is 3.37. The average molecular weight is 367 g/mol. The number of rotatable bonds is 6. The number of nitrogens with two attached hydrogens (primary N) is 1. The molecule has 0 aliphatic heterocycles. The van der Waals surface area contributed by atoms with Crippen LogP contribution in [0.15, 0.2) is 41.0 Å².